The molecule has 3 rings (SSSR count). The average Bonchev–Trinajstić information content (AvgIpc) is 2.64. The van der Waals surface area contributed by atoms with E-state index in [0.29, 0.717) is 30.2 Å². The lowest BCUT2D eigenvalue weighted by molar-refractivity contribution is -0.274. The van der Waals surface area contributed by atoms with Crippen LogP contribution in [0.25, 0.3) is 0 Å². The fraction of sp³-hybridized carbons (Fsp3) is 0.278. The Labute approximate surface area is 153 Å². The van der Waals surface area contributed by atoms with Crippen LogP contribution in [0.1, 0.15) is 5.56 Å². The molecular formula is C18H18F3N3O3. The summed E-state index contributed by atoms with van der Waals surface area (Å²) in [6, 6.07) is 12.8. The minimum absolute atomic E-state index is 0.202. The lowest BCUT2D eigenvalue weighted by Crippen LogP contribution is -2.43. The van der Waals surface area contributed by atoms with Gasteiger partial charge in [-0.05, 0) is 29.8 Å². The SMILES string of the molecule is NC(=NCc1ccc(OC(F)(F)F)cc1)NCC1COc2ccccc2O1. The minimum atomic E-state index is -4.71. The third-order valence-electron chi connectivity index (χ3n) is 3.67. The van der Waals surface area contributed by atoms with E-state index in [-0.39, 0.29) is 24.4 Å². The number of nitrogens with one attached hydrogen (secondary N) is 1. The van der Waals surface area contributed by atoms with Crippen molar-refractivity contribution in [2.45, 2.75) is 19.0 Å². The first-order chi connectivity index (χ1) is 12.9. The molecule has 1 heterocycles. The number of benzene rings is 2. The second-order valence-corrected chi connectivity index (χ2v) is 5.77. The summed E-state index contributed by atoms with van der Waals surface area (Å²) in [6.45, 7) is 1.01. The highest BCUT2D eigenvalue weighted by Gasteiger charge is 2.30. The number of nitrogens with zero attached hydrogens (tertiary/aromatic N) is 1. The largest absolute Gasteiger partial charge is 0.573 e. The van der Waals surface area contributed by atoms with Crippen molar-refractivity contribution in [2.75, 3.05) is 13.2 Å². The number of alkyl halides is 3. The van der Waals surface area contributed by atoms with Crippen LogP contribution < -0.4 is 25.3 Å². The van der Waals surface area contributed by atoms with Crippen molar-refractivity contribution in [1.29, 1.82) is 0 Å². The van der Waals surface area contributed by atoms with Crippen molar-refractivity contribution in [3.05, 3.63) is 54.1 Å². The number of halogens is 3. The maximum absolute atomic E-state index is 12.1. The van der Waals surface area contributed by atoms with E-state index in [0.717, 1.165) is 0 Å². The molecule has 0 aromatic heterocycles. The lowest BCUT2D eigenvalue weighted by Gasteiger charge is -2.26. The summed E-state index contributed by atoms with van der Waals surface area (Å²) in [4.78, 5) is 4.15. The summed E-state index contributed by atoms with van der Waals surface area (Å²) in [5.41, 5.74) is 6.51. The second-order valence-electron chi connectivity index (χ2n) is 5.77. The Morgan fingerprint density at radius 3 is 2.56 bits per heavy atom. The van der Waals surface area contributed by atoms with Crippen LogP contribution in [0.15, 0.2) is 53.5 Å². The number of rotatable bonds is 5. The predicted octanol–water partition coefficient (Wildman–Crippen LogP) is 2.83. The summed E-state index contributed by atoms with van der Waals surface area (Å²) in [7, 11) is 0. The van der Waals surface area contributed by atoms with Crippen molar-refractivity contribution < 1.29 is 27.4 Å². The molecule has 0 aliphatic carbocycles. The molecule has 9 heteroatoms. The second kappa shape index (κ2) is 8.07. The number of nitrogens with two attached hydrogens (primary N) is 1. The molecule has 6 nitrogen and oxygen atoms in total. The molecule has 1 atom stereocenters. The Morgan fingerprint density at radius 2 is 1.85 bits per heavy atom. The molecule has 0 spiro atoms. The van der Waals surface area contributed by atoms with E-state index in [1.807, 2.05) is 24.3 Å². The van der Waals surface area contributed by atoms with Crippen LogP contribution in [-0.4, -0.2) is 31.6 Å². The number of hydrogen-bond donors (Lipinski definition) is 2. The highest BCUT2D eigenvalue weighted by atomic mass is 19.4. The molecule has 0 fully saturated rings. The normalized spacial score (nSPS) is 16.7. The molecule has 0 saturated carbocycles. The summed E-state index contributed by atoms with van der Waals surface area (Å²) < 4.78 is 51.6. The van der Waals surface area contributed by atoms with Crippen molar-refractivity contribution in [3.8, 4) is 17.2 Å². The summed E-state index contributed by atoms with van der Waals surface area (Å²) in [6.07, 6.45) is -4.92. The Bertz CT molecular complexity index is 794. The average molecular weight is 381 g/mol. The summed E-state index contributed by atoms with van der Waals surface area (Å²) in [5.74, 6) is 1.30. The zero-order chi connectivity index (χ0) is 19.3. The van der Waals surface area contributed by atoms with Gasteiger partial charge in [-0.3, -0.25) is 0 Å². The number of hydrogen-bond acceptors (Lipinski definition) is 4. The first kappa shape index (κ1) is 18.7. The molecule has 3 N–H and O–H groups in total. The fourth-order valence-corrected chi connectivity index (χ4v) is 2.41. The lowest BCUT2D eigenvalue weighted by atomic mass is 10.2. The Balaban J connectivity index is 1.46. The van der Waals surface area contributed by atoms with E-state index in [1.165, 1.54) is 24.3 Å². The van der Waals surface area contributed by atoms with Crippen LogP contribution >= 0.6 is 0 Å². The van der Waals surface area contributed by atoms with E-state index in [4.69, 9.17) is 15.2 Å². The highest BCUT2D eigenvalue weighted by Crippen LogP contribution is 2.30. The molecule has 0 bridgehead atoms. The summed E-state index contributed by atoms with van der Waals surface area (Å²) >= 11 is 0. The van der Waals surface area contributed by atoms with E-state index in [2.05, 4.69) is 15.0 Å². The van der Waals surface area contributed by atoms with E-state index in [9.17, 15) is 13.2 Å². The van der Waals surface area contributed by atoms with Crippen LogP contribution in [0.5, 0.6) is 17.2 Å². The zero-order valence-corrected chi connectivity index (χ0v) is 14.2. The van der Waals surface area contributed by atoms with Gasteiger partial charge in [0.2, 0.25) is 0 Å². The fourth-order valence-electron chi connectivity index (χ4n) is 2.41. The third-order valence-corrected chi connectivity index (χ3v) is 3.67. The van der Waals surface area contributed by atoms with Crippen LogP contribution in [0.2, 0.25) is 0 Å². The van der Waals surface area contributed by atoms with Crippen LogP contribution in [0, 0.1) is 0 Å². The number of guanidine groups is 1. The van der Waals surface area contributed by atoms with Gasteiger partial charge >= 0.3 is 6.36 Å². The van der Waals surface area contributed by atoms with Gasteiger partial charge in [0.15, 0.2) is 17.5 Å². The monoisotopic (exact) mass is 381 g/mol. The smallest absolute Gasteiger partial charge is 0.486 e. The maximum Gasteiger partial charge on any atom is 0.573 e. The van der Waals surface area contributed by atoms with Gasteiger partial charge in [0.25, 0.3) is 0 Å². The first-order valence-corrected chi connectivity index (χ1v) is 8.16. The van der Waals surface area contributed by atoms with Gasteiger partial charge in [-0.2, -0.15) is 0 Å². The standard InChI is InChI=1S/C18H18F3N3O3/c19-18(20,21)27-13-7-5-12(6-8-13)9-23-17(22)24-10-14-11-25-15-3-1-2-4-16(15)26-14/h1-8,14H,9-11H2,(H3,22,23,24). The van der Waals surface area contributed by atoms with E-state index >= 15 is 0 Å². The number of fused-ring (bicyclic) bond motifs is 1. The number of para-hydroxylation sites is 2. The molecule has 2 aromatic carbocycles. The molecule has 27 heavy (non-hydrogen) atoms. The zero-order valence-electron chi connectivity index (χ0n) is 14.2. The highest BCUT2D eigenvalue weighted by molar-refractivity contribution is 5.77. The van der Waals surface area contributed by atoms with Crippen LogP contribution in [0.3, 0.4) is 0 Å². The third kappa shape index (κ3) is 5.70. The quantitative estimate of drug-likeness (QED) is 0.615. The van der Waals surface area contributed by atoms with Gasteiger partial charge in [-0.15, -0.1) is 13.2 Å². The van der Waals surface area contributed by atoms with Crippen LogP contribution in [0.4, 0.5) is 13.2 Å². The van der Waals surface area contributed by atoms with Gasteiger partial charge in [-0.25, -0.2) is 4.99 Å². The predicted molar refractivity (Wildman–Crippen MR) is 92.8 cm³/mol. The molecule has 2 aromatic rings. The van der Waals surface area contributed by atoms with Crippen molar-refractivity contribution in [3.63, 3.8) is 0 Å². The number of ether oxygens (including phenoxy) is 3. The Hall–Kier alpha value is -3.10. The van der Waals surface area contributed by atoms with Crippen molar-refractivity contribution >= 4 is 5.96 Å². The van der Waals surface area contributed by atoms with Gasteiger partial charge in [-0.1, -0.05) is 24.3 Å². The molecule has 0 radical (unpaired) electrons. The molecule has 1 aliphatic heterocycles. The number of aliphatic imine (C=N–C) groups is 1. The van der Waals surface area contributed by atoms with E-state index in [1.54, 1.807) is 0 Å². The molecular weight excluding hydrogens is 363 g/mol. The molecule has 1 unspecified atom stereocenters. The Kier molecular flexibility index (Phi) is 5.58. The van der Waals surface area contributed by atoms with E-state index < -0.39 is 6.36 Å². The first-order valence-electron chi connectivity index (χ1n) is 8.16. The molecule has 144 valence electrons. The molecule has 1 aliphatic rings. The topological polar surface area (TPSA) is 78.1 Å². The van der Waals surface area contributed by atoms with Gasteiger partial charge < -0.3 is 25.3 Å². The van der Waals surface area contributed by atoms with Crippen LogP contribution in [-0.2, 0) is 6.54 Å². The van der Waals surface area contributed by atoms with Gasteiger partial charge in [0, 0.05) is 0 Å². The Morgan fingerprint density at radius 1 is 1.15 bits per heavy atom. The van der Waals surface area contributed by atoms with Gasteiger partial charge in [0.1, 0.15) is 18.5 Å². The maximum atomic E-state index is 12.1. The van der Waals surface area contributed by atoms with Crippen molar-refractivity contribution in [2.24, 2.45) is 10.7 Å². The van der Waals surface area contributed by atoms with Gasteiger partial charge in [0.05, 0.1) is 13.1 Å². The molecule has 0 saturated heterocycles. The van der Waals surface area contributed by atoms with Crippen molar-refractivity contribution in [1.82, 2.24) is 5.32 Å². The molecule has 0 amide bonds. The minimum Gasteiger partial charge on any atom is -0.486 e. The summed E-state index contributed by atoms with van der Waals surface area (Å²) in [5, 5.41) is 2.95.